The average molecular weight is 454 g/mol. The average Bonchev–Trinajstić information content (AvgIpc) is 3.20. The molecule has 1 aliphatic rings. The highest BCUT2D eigenvalue weighted by Crippen LogP contribution is 2.24. The van der Waals surface area contributed by atoms with Gasteiger partial charge in [0.05, 0.1) is 12.6 Å². The number of methoxy groups -OCH3 is 1. The molecule has 1 saturated heterocycles. The van der Waals surface area contributed by atoms with Crippen molar-refractivity contribution in [1.29, 1.82) is 0 Å². The van der Waals surface area contributed by atoms with E-state index in [0.29, 0.717) is 61.3 Å². The van der Waals surface area contributed by atoms with Crippen LogP contribution in [-0.2, 0) is 11.2 Å². The first kappa shape index (κ1) is 22.2. The van der Waals surface area contributed by atoms with Crippen molar-refractivity contribution in [2.24, 2.45) is 5.92 Å². The summed E-state index contributed by atoms with van der Waals surface area (Å²) in [5, 5.41) is 1.93. The molecular formula is C24H27N3O4S. The number of aryl methyl sites for hydroxylation is 2. The zero-order valence-electron chi connectivity index (χ0n) is 18.3. The fraction of sp³-hybridized carbons (Fsp3) is 0.417. The van der Waals surface area contributed by atoms with E-state index in [1.54, 1.807) is 31.4 Å². The van der Waals surface area contributed by atoms with Crippen LogP contribution in [0.5, 0.6) is 5.75 Å². The quantitative estimate of drug-likeness (QED) is 0.550. The SMILES string of the molecule is COc1ccc(C(=O)C2CCN(C(=O)CCCc3nc4c(C)csc4c(=O)[nH]3)CC2)cc1. The molecule has 1 amide bonds. The van der Waals surface area contributed by atoms with E-state index in [1.165, 1.54) is 11.3 Å². The van der Waals surface area contributed by atoms with Crippen molar-refractivity contribution in [3.8, 4) is 5.75 Å². The number of hydrogen-bond acceptors (Lipinski definition) is 6. The highest BCUT2D eigenvalue weighted by molar-refractivity contribution is 7.17. The number of H-pyrrole nitrogens is 1. The lowest BCUT2D eigenvalue weighted by atomic mass is 9.88. The number of aromatic nitrogens is 2. The molecule has 168 valence electrons. The minimum Gasteiger partial charge on any atom is -0.497 e. The fourth-order valence-corrected chi connectivity index (χ4v) is 5.04. The largest absolute Gasteiger partial charge is 0.497 e. The molecule has 0 saturated carbocycles. The highest BCUT2D eigenvalue weighted by atomic mass is 32.1. The predicted molar refractivity (Wildman–Crippen MR) is 125 cm³/mol. The Morgan fingerprint density at radius 3 is 2.62 bits per heavy atom. The molecular weight excluding hydrogens is 426 g/mol. The first-order valence-corrected chi connectivity index (χ1v) is 11.8. The second kappa shape index (κ2) is 9.65. The summed E-state index contributed by atoms with van der Waals surface area (Å²) in [4.78, 5) is 46.8. The van der Waals surface area contributed by atoms with Gasteiger partial charge >= 0.3 is 0 Å². The first-order chi connectivity index (χ1) is 15.5. The van der Waals surface area contributed by atoms with Gasteiger partial charge in [-0.05, 0) is 61.4 Å². The van der Waals surface area contributed by atoms with Crippen LogP contribution in [0.15, 0.2) is 34.4 Å². The van der Waals surface area contributed by atoms with Gasteiger partial charge in [0.15, 0.2) is 5.78 Å². The molecule has 0 unspecified atom stereocenters. The third kappa shape index (κ3) is 4.75. The monoisotopic (exact) mass is 453 g/mol. The van der Waals surface area contributed by atoms with Crippen LogP contribution >= 0.6 is 11.3 Å². The number of ketones is 1. The van der Waals surface area contributed by atoms with Gasteiger partial charge in [-0.15, -0.1) is 11.3 Å². The summed E-state index contributed by atoms with van der Waals surface area (Å²) >= 11 is 1.40. The van der Waals surface area contributed by atoms with Crippen LogP contribution in [0.4, 0.5) is 0 Å². The van der Waals surface area contributed by atoms with Crippen LogP contribution in [0.2, 0.25) is 0 Å². The molecule has 0 aliphatic carbocycles. The molecule has 0 bridgehead atoms. The second-order valence-corrected chi connectivity index (χ2v) is 9.09. The van der Waals surface area contributed by atoms with Gasteiger partial charge in [-0.2, -0.15) is 0 Å². The molecule has 1 fully saturated rings. The number of aromatic amines is 1. The van der Waals surface area contributed by atoms with Gasteiger partial charge in [0.2, 0.25) is 5.91 Å². The summed E-state index contributed by atoms with van der Waals surface area (Å²) in [6.45, 7) is 3.14. The van der Waals surface area contributed by atoms with Gasteiger partial charge in [-0.25, -0.2) is 4.98 Å². The van der Waals surface area contributed by atoms with Crippen LogP contribution in [0, 0.1) is 12.8 Å². The van der Waals surface area contributed by atoms with Crippen molar-refractivity contribution in [3.63, 3.8) is 0 Å². The maximum Gasteiger partial charge on any atom is 0.268 e. The number of carbonyl (C=O) groups is 2. The van der Waals surface area contributed by atoms with Crippen molar-refractivity contribution < 1.29 is 14.3 Å². The van der Waals surface area contributed by atoms with Gasteiger partial charge < -0.3 is 14.6 Å². The number of piperidine rings is 1. The number of nitrogens with zero attached hydrogens (tertiary/aromatic N) is 2. The van der Waals surface area contributed by atoms with Crippen molar-refractivity contribution >= 4 is 33.2 Å². The van der Waals surface area contributed by atoms with E-state index in [4.69, 9.17) is 4.74 Å². The molecule has 32 heavy (non-hydrogen) atoms. The number of fused-ring (bicyclic) bond motifs is 1. The smallest absolute Gasteiger partial charge is 0.268 e. The Kier molecular flexibility index (Phi) is 6.69. The highest BCUT2D eigenvalue weighted by Gasteiger charge is 2.27. The van der Waals surface area contributed by atoms with E-state index >= 15 is 0 Å². The van der Waals surface area contributed by atoms with Crippen molar-refractivity contribution in [3.05, 3.63) is 57.0 Å². The molecule has 3 heterocycles. The number of amides is 1. The third-order valence-corrected chi connectivity index (χ3v) is 7.14. The minimum atomic E-state index is -0.113. The van der Waals surface area contributed by atoms with E-state index in [2.05, 4.69) is 9.97 Å². The van der Waals surface area contributed by atoms with Gasteiger partial charge in [0.1, 0.15) is 16.3 Å². The molecule has 1 N–H and O–H groups in total. The van der Waals surface area contributed by atoms with Gasteiger partial charge in [-0.3, -0.25) is 14.4 Å². The van der Waals surface area contributed by atoms with E-state index in [0.717, 1.165) is 16.8 Å². The number of likely N-dealkylation sites (tertiary alicyclic amines) is 1. The zero-order chi connectivity index (χ0) is 22.7. The summed E-state index contributed by atoms with van der Waals surface area (Å²) < 4.78 is 5.79. The lowest BCUT2D eigenvalue weighted by molar-refractivity contribution is -0.132. The molecule has 8 heteroatoms. The number of hydrogen-bond donors (Lipinski definition) is 1. The standard InChI is InChI=1S/C24H27N3O4S/c1-15-14-32-23-21(15)25-19(26-24(23)30)4-3-5-20(28)27-12-10-17(11-13-27)22(29)16-6-8-18(31-2)9-7-16/h6-9,14,17H,3-5,10-13H2,1-2H3,(H,25,26,30). The van der Waals surface area contributed by atoms with Crippen molar-refractivity contribution in [2.75, 3.05) is 20.2 Å². The topological polar surface area (TPSA) is 92.4 Å². The van der Waals surface area contributed by atoms with Crippen molar-refractivity contribution in [2.45, 2.75) is 39.0 Å². The third-order valence-electron chi connectivity index (χ3n) is 6.05. The van der Waals surface area contributed by atoms with Crippen LogP contribution in [0.1, 0.15) is 47.4 Å². The molecule has 3 aromatic rings. The summed E-state index contributed by atoms with van der Waals surface area (Å²) in [5.41, 5.74) is 2.33. The van der Waals surface area contributed by atoms with E-state index in [-0.39, 0.29) is 23.2 Å². The number of rotatable bonds is 7. The number of benzene rings is 1. The Labute approximate surface area is 190 Å². The number of carbonyl (C=O) groups excluding carboxylic acids is 2. The first-order valence-electron chi connectivity index (χ1n) is 10.9. The Morgan fingerprint density at radius 2 is 1.94 bits per heavy atom. The summed E-state index contributed by atoms with van der Waals surface area (Å²) in [6.07, 6.45) is 2.94. The zero-order valence-corrected chi connectivity index (χ0v) is 19.2. The lowest BCUT2D eigenvalue weighted by Crippen LogP contribution is -2.40. The molecule has 0 atom stereocenters. The second-order valence-electron chi connectivity index (χ2n) is 8.21. The predicted octanol–water partition coefficient (Wildman–Crippen LogP) is 3.75. The van der Waals surface area contributed by atoms with Crippen LogP contribution in [0.3, 0.4) is 0 Å². The van der Waals surface area contributed by atoms with Gasteiger partial charge in [0, 0.05) is 37.4 Å². The molecule has 0 radical (unpaired) electrons. The Bertz CT molecular complexity index is 1170. The number of thiophene rings is 1. The van der Waals surface area contributed by atoms with Crippen molar-refractivity contribution in [1.82, 2.24) is 14.9 Å². The molecule has 7 nitrogen and oxygen atoms in total. The van der Waals surface area contributed by atoms with Crippen LogP contribution in [0.25, 0.3) is 10.2 Å². The van der Waals surface area contributed by atoms with Crippen LogP contribution < -0.4 is 10.3 Å². The minimum absolute atomic E-state index is 0.0534. The molecule has 4 rings (SSSR count). The maximum atomic E-state index is 12.8. The van der Waals surface area contributed by atoms with Gasteiger partial charge in [0.25, 0.3) is 5.56 Å². The Hall–Kier alpha value is -3.00. The molecule has 2 aromatic heterocycles. The summed E-state index contributed by atoms with van der Waals surface area (Å²) in [5.74, 6) is 1.53. The maximum absolute atomic E-state index is 12.8. The number of ether oxygens (including phenoxy) is 1. The van der Waals surface area contributed by atoms with E-state index in [9.17, 15) is 14.4 Å². The van der Waals surface area contributed by atoms with Gasteiger partial charge in [-0.1, -0.05) is 0 Å². The lowest BCUT2D eigenvalue weighted by Gasteiger charge is -2.31. The summed E-state index contributed by atoms with van der Waals surface area (Å²) in [7, 11) is 1.60. The van der Waals surface area contributed by atoms with E-state index in [1.807, 2.05) is 17.2 Å². The Balaban J connectivity index is 1.26. The Morgan fingerprint density at radius 1 is 1.22 bits per heavy atom. The fourth-order valence-electron chi connectivity index (χ4n) is 4.15. The van der Waals surface area contributed by atoms with E-state index < -0.39 is 0 Å². The normalized spacial score (nSPS) is 14.6. The molecule has 0 spiro atoms. The number of nitrogens with one attached hydrogen (secondary N) is 1. The summed E-state index contributed by atoms with van der Waals surface area (Å²) in [6, 6.07) is 7.19. The van der Waals surface area contributed by atoms with Crippen LogP contribution in [-0.4, -0.2) is 46.8 Å². The molecule has 1 aliphatic heterocycles. The molecule has 1 aromatic carbocycles. The number of Topliss-reactive ketones (excluding diaryl/α,β-unsaturated/α-hetero) is 1.